The third kappa shape index (κ3) is 3.73. The number of aromatic nitrogens is 3. The van der Waals surface area contributed by atoms with Gasteiger partial charge in [-0.05, 0) is 48.5 Å². The van der Waals surface area contributed by atoms with E-state index in [2.05, 4.69) is 0 Å². The van der Waals surface area contributed by atoms with E-state index in [1.165, 1.54) is 4.68 Å². The second-order valence-electron chi connectivity index (χ2n) is 7.22. The highest BCUT2D eigenvalue weighted by Gasteiger charge is 2.25. The maximum Gasteiger partial charge on any atom is 0.296 e. The monoisotopic (exact) mass is 467 g/mol. The Morgan fingerprint density at radius 1 is 1.00 bits per heavy atom. The van der Waals surface area contributed by atoms with Crippen LogP contribution in [0.3, 0.4) is 0 Å². The van der Waals surface area contributed by atoms with E-state index in [0.29, 0.717) is 33.3 Å². The highest BCUT2D eigenvalue weighted by atomic mass is 35.5. The Labute approximate surface area is 194 Å². The van der Waals surface area contributed by atoms with Crippen LogP contribution in [0.15, 0.2) is 72.9 Å². The van der Waals surface area contributed by atoms with E-state index in [9.17, 15) is 5.11 Å². The summed E-state index contributed by atoms with van der Waals surface area (Å²) in [5.74, 6) is 0.834. The summed E-state index contributed by atoms with van der Waals surface area (Å²) < 4.78 is 8.76. The lowest BCUT2D eigenvalue weighted by molar-refractivity contribution is -0.661. The van der Waals surface area contributed by atoms with Gasteiger partial charge < -0.3 is 15.3 Å². The number of rotatable bonds is 4. The summed E-state index contributed by atoms with van der Waals surface area (Å²) in [7, 11) is 1.64. The van der Waals surface area contributed by atoms with Crippen LogP contribution in [0, 0.1) is 0 Å². The number of nitrogens with zero attached hydrogens (tertiary/aromatic N) is 3. The van der Waals surface area contributed by atoms with Crippen LogP contribution in [-0.2, 0) is 6.54 Å². The molecule has 162 valence electrons. The van der Waals surface area contributed by atoms with Crippen molar-refractivity contribution >= 4 is 45.0 Å². The molecule has 0 aliphatic carbocycles. The standard InChI is InChI=1S/C24H17Cl2N3O2.H2O/c1-31-18-9-6-15(7-10-18)13-28-14-16-4-2-3-5-19(16)22-23(28)24(30)29(27-22)17-8-11-20(25)21(26)12-17;/h2-12,14H,13H2,1H3;1H2. The second kappa shape index (κ2) is 8.67. The molecule has 6 nitrogen and oxygen atoms in total. The minimum atomic E-state index is 0. The fourth-order valence-electron chi connectivity index (χ4n) is 3.75. The average molecular weight is 468 g/mol. The zero-order chi connectivity index (χ0) is 21.5. The third-order valence-corrected chi connectivity index (χ3v) is 6.03. The molecule has 0 radical (unpaired) electrons. The lowest BCUT2D eigenvalue weighted by Gasteiger charge is -2.04. The number of benzene rings is 3. The number of fused-ring (bicyclic) bond motifs is 3. The quantitative estimate of drug-likeness (QED) is 0.360. The van der Waals surface area contributed by atoms with Crippen LogP contribution in [0.4, 0.5) is 0 Å². The highest BCUT2D eigenvalue weighted by Crippen LogP contribution is 2.32. The van der Waals surface area contributed by atoms with Crippen LogP contribution in [0.25, 0.3) is 27.5 Å². The van der Waals surface area contributed by atoms with Crippen LogP contribution in [-0.4, -0.2) is 27.5 Å². The average Bonchev–Trinajstić information content (AvgIpc) is 3.14. The molecule has 0 aliphatic rings. The summed E-state index contributed by atoms with van der Waals surface area (Å²) >= 11 is 12.3. The fraction of sp³-hybridized carbons (Fsp3) is 0.0833. The molecule has 0 amide bonds. The summed E-state index contributed by atoms with van der Waals surface area (Å²) in [6.45, 7) is 0.561. The maximum absolute atomic E-state index is 11.2. The Bertz CT molecular complexity index is 1430. The van der Waals surface area contributed by atoms with Crippen molar-refractivity contribution in [1.82, 2.24) is 9.78 Å². The van der Waals surface area contributed by atoms with E-state index in [4.69, 9.17) is 33.0 Å². The first-order valence-corrected chi connectivity index (χ1v) is 10.4. The van der Waals surface area contributed by atoms with Crippen molar-refractivity contribution in [3.63, 3.8) is 0 Å². The van der Waals surface area contributed by atoms with E-state index < -0.39 is 0 Å². The third-order valence-electron chi connectivity index (χ3n) is 5.29. The number of ether oxygens (including phenoxy) is 1. The Morgan fingerprint density at radius 2 is 1.75 bits per heavy atom. The summed E-state index contributed by atoms with van der Waals surface area (Å²) in [5, 5.41) is 18.8. The topological polar surface area (TPSA) is 81.2 Å². The van der Waals surface area contributed by atoms with Crippen molar-refractivity contribution in [3.05, 3.63) is 88.5 Å². The van der Waals surface area contributed by atoms with Gasteiger partial charge in [0.15, 0.2) is 18.3 Å². The second-order valence-corrected chi connectivity index (χ2v) is 8.04. The van der Waals surface area contributed by atoms with E-state index in [1.807, 2.05) is 59.3 Å². The summed E-state index contributed by atoms with van der Waals surface area (Å²) in [4.78, 5) is 0. The molecule has 0 fully saturated rings. The highest BCUT2D eigenvalue weighted by molar-refractivity contribution is 6.42. The predicted octanol–water partition coefficient (Wildman–Crippen LogP) is 5.36. The normalized spacial score (nSPS) is 11.0. The van der Waals surface area contributed by atoms with Gasteiger partial charge >= 0.3 is 0 Å². The van der Waals surface area contributed by atoms with Gasteiger partial charge in [0.05, 0.1) is 22.8 Å². The summed E-state index contributed by atoms with van der Waals surface area (Å²) in [6.07, 6.45) is 2.03. The molecular weight excluding hydrogens is 449 g/mol. The molecule has 5 aromatic rings. The number of halogens is 2. The maximum atomic E-state index is 11.2. The van der Waals surface area contributed by atoms with Gasteiger partial charge in [0.1, 0.15) is 5.75 Å². The molecule has 0 saturated carbocycles. The first-order valence-electron chi connectivity index (χ1n) is 9.66. The minimum absolute atomic E-state index is 0. The first-order chi connectivity index (χ1) is 15.0. The Balaban J connectivity index is 0.00000245. The SMILES string of the molecule is COc1ccc(C[n+]2cc3ccccc3c3nn(-c4ccc(Cl)c(Cl)c4)c(O)c32)cc1.[OH-]. The molecule has 0 bridgehead atoms. The Kier molecular flexibility index (Phi) is 5.93. The lowest BCUT2D eigenvalue weighted by Crippen LogP contribution is -2.34. The molecule has 0 atom stereocenters. The molecule has 2 aromatic heterocycles. The van der Waals surface area contributed by atoms with Crippen LogP contribution in [0.2, 0.25) is 10.0 Å². The zero-order valence-electron chi connectivity index (χ0n) is 17.0. The zero-order valence-corrected chi connectivity index (χ0v) is 18.5. The Morgan fingerprint density at radius 3 is 2.47 bits per heavy atom. The van der Waals surface area contributed by atoms with Gasteiger partial charge in [-0.25, -0.2) is 0 Å². The summed E-state index contributed by atoms with van der Waals surface area (Å²) in [5.41, 5.74) is 3.04. The lowest BCUT2D eigenvalue weighted by atomic mass is 10.1. The van der Waals surface area contributed by atoms with Crippen LogP contribution in [0.5, 0.6) is 11.6 Å². The largest absolute Gasteiger partial charge is 0.870 e. The predicted molar refractivity (Wildman–Crippen MR) is 124 cm³/mol. The number of pyridine rings is 1. The molecule has 2 heterocycles. The Hall–Kier alpha value is -3.32. The van der Waals surface area contributed by atoms with Crippen molar-refractivity contribution in [2.45, 2.75) is 6.54 Å². The molecular formula is C24H19Cl2N3O3. The van der Waals surface area contributed by atoms with Crippen molar-refractivity contribution in [3.8, 4) is 17.3 Å². The van der Waals surface area contributed by atoms with E-state index in [0.717, 1.165) is 22.1 Å². The van der Waals surface area contributed by atoms with Gasteiger partial charge in [-0.2, -0.15) is 14.3 Å². The smallest absolute Gasteiger partial charge is 0.296 e. The first kappa shape index (κ1) is 21.9. The van der Waals surface area contributed by atoms with Gasteiger partial charge in [0.25, 0.3) is 11.4 Å². The molecule has 2 N–H and O–H groups in total. The van der Waals surface area contributed by atoms with Crippen LogP contribution in [0.1, 0.15) is 5.56 Å². The van der Waals surface area contributed by atoms with Gasteiger partial charge in [-0.1, -0.05) is 41.4 Å². The number of aromatic hydroxyl groups is 1. The molecule has 0 aliphatic heterocycles. The van der Waals surface area contributed by atoms with E-state index in [-0.39, 0.29) is 11.4 Å². The number of hydrogen-bond donors (Lipinski definition) is 1. The molecule has 0 spiro atoms. The van der Waals surface area contributed by atoms with Crippen molar-refractivity contribution in [2.75, 3.05) is 7.11 Å². The van der Waals surface area contributed by atoms with Crippen molar-refractivity contribution in [2.24, 2.45) is 0 Å². The van der Waals surface area contributed by atoms with Crippen molar-refractivity contribution < 1.29 is 19.9 Å². The van der Waals surface area contributed by atoms with Crippen LogP contribution < -0.4 is 9.30 Å². The molecule has 5 rings (SSSR count). The molecule has 8 heteroatoms. The number of methoxy groups -OCH3 is 1. The summed E-state index contributed by atoms with van der Waals surface area (Å²) in [6, 6.07) is 21.0. The molecule has 3 aromatic carbocycles. The minimum Gasteiger partial charge on any atom is -0.870 e. The molecule has 0 unspecified atom stereocenters. The fourth-order valence-corrected chi connectivity index (χ4v) is 4.05. The van der Waals surface area contributed by atoms with Gasteiger partial charge in [-0.15, -0.1) is 0 Å². The van der Waals surface area contributed by atoms with Crippen molar-refractivity contribution in [1.29, 1.82) is 0 Å². The number of hydrogen-bond acceptors (Lipinski definition) is 4. The molecule has 32 heavy (non-hydrogen) atoms. The van der Waals surface area contributed by atoms with Gasteiger partial charge in [-0.3, -0.25) is 0 Å². The van der Waals surface area contributed by atoms with E-state index >= 15 is 0 Å². The van der Waals surface area contributed by atoms with Gasteiger partial charge in [0, 0.05) is 16.3 Å². The van der Waals surface area contributed by atoms with E-state index in [1.54, 1.807) is 25.3 Å². The van der Waals surface area contributed by atoms with Gasteiger partial charge in [0.2, 0.25) is 0 Å². The van der Waals surface area contributed by atoms with Crippen LogP contribution >= 0.6 is 23.2 Å². The molecule has 0 saturated heterocycles.